The molecule has 0 unspecified atom stereocenters. The summed E-state index contributed by atoms with van der Waals surface area (Å²) < 4.78 is 6.17. The topological polar surface area (TPSA) is 114 Å². The standard InChI is InChI=1S/C19H16N2O6S2/c1-11-9-12(21(25)26)4-6-14(11)15-7-5-13(27-15)10-16-18(24)20(19(28)29-16)8-2-3-17(22)23/h4-7,9-10H,2-3,8H2,1H3,(H,22,23). The number of hydrogen-bond donors (Lipinski definition) is 1. The Morgan fingerprint density at radius 1 is 1.38 bits per heavy atom. The molecule has 3 rings (SSSR count). The molecule has 1 fully saturated rings. The second kappa shape index (κ2) is 8.58. The molecule has 1 aliphatic rings. The number of non-ortho nitro benzene ring substituents is 1. The lowest BCUT2D eigenvalue weighted by atomic mass is 10.1. The van der Waals surface area contributed by atoms with Crippen molar-refractivity contribution in [2.45, 2.75) is 19.8 Å². The average molecular weight is 432 g/mol. The van der Waals surface area contributed by atoms with Crippen LogP contribution in [0.5, 0.6) is 0 Å². The molecule has 0 bridgehead atoms. The summed E-state index contributed by atoms with van der Waals surface area (Å²) in [5.41, 5.74) is 1.42. The number of carboxylic acids is 1. The monoisotopic (exact) mass is 432 g/mol. The Balaban J connectivity index is 1.76. The van der Waals surface area contributed by atoms with Gasteiger partial charge in [0.05, 0.1) is 9.83 Å². The third-order valence-corrected chi connectivity index (χ3v) is 5.61. The molecule has 0 saturated carbocycles. The van der Waals surface area contributed by atoms with Crippen molar-refractivity contribution in [2.24, 2.45) is 0 Å². The summed E-state index contributed by atoms with van der Waals surface area (Å²) in [6, 6.07) is 7.94. The van der Waals surface area contributed by atoms with Gasteiger partial charge < -0.3 is 9.52 Å². The van der Waals surface area contributed by atoms with E-state index in [1.807, 2.05) is 0 Å². The summed E-state index contributed by atoms with van der Waals surface area (Å²) in [6.45, 7) is 2.01. The van der Waals surface area contributed by atoms with Gasteiger partial charge in [-0.25, -0.2) is 0 Å². The molecular weight excluding hydrogens is 416 g/mol. The molecule has 2 aromatic rings. The van der Waals surface area contributed by atoms with Crippen LogP contribution in [0.1, 0.15) is 24.2 Å². The van der Waals surface area contributed by atoms with Crippen LogP contribution >= 0.6 is 24.0 Å². The number of nitro groups is 1. The zero-order valence-electron chi connectivity index (χ0n) is 15.3. The van der Waals surface area contributed by atoms with Crippen LogP contribution in [-0.4, -0.2) is 37.7 Å². The predicted molar refractivity (Wildman–Crippen MR) is 112 cm³/mol. The molecule has 150 valence electrons. The lowest BCUT2D eigenvalue weighted by Gasteiger charge is -2.13. The van der Waals surface area contributed by atoms with Gasteiger partial charge in [-0.1, -0.05) is 24.0 Å². The maximum absolute atomic E-state index is 12.5. The number of carbonyl (C=O) groups is 2. The smallest absolute Gasteiger partial charge is 0.303 e. The van der Waals surface area contributed by atoms with E-state index in [9.17, 15) is 19.7 Å². The highest BCUT2D eigenvalue weighted by molar-refractivity contribution is 8.26. The van der Waals surface area contributed by atoms with E-state index in [1.54, 1.807) is 31.2 Å². The summed E-state index contributed by atoms with van der Waals surface area (Å²) in [5.74, 6) is -0.227. The average Bonchev–Trinajstić information content (AvgIpc) is 3.21. The molecule has 1 aromatic carbocycles. The number of benzene rings is 1. The first-order valence-electron chi connectivity index (χ1n) is 8.58. The van der Waals surface area contributed by atoms with Crippen molar-refractivity contribution < 1.29 is 24.0 Å². The van der Waals surface area contributed by atoms with Crippen LogP contribution in [0.3, 0.4) is 0 Å². The molecular formula is C19H16N2O6S2. The zero-order chi connectivity index (χ0) is 21.1. The molecule has 1 amide bonds. The highest BCUT2D eigenvalue weighted by Crippen LogP contribution is 2.34. The van der Waals surface area contributed by atoms with Crippen LogP contribution in [0, 0.1) is 17.0 Å². The van der Waals surface area contributed by atoms with E-state index in [0.29, 0.717) is 32.7 Å². The van der Waals surface area contributed by atoms with Gasteiger partial charge in [-0.05, 0) is 37.1 Å². The van der Waals surface area contributed by atoms with Crippen molar-refractivity contribution >= 4 is 51.9 Å². The normalized spacial score (nSPS) is 15.3. The van der Waals surface area contributed by atoms with Gasteiger partial charge in [-0.15, -0.1) is 0 Å². The van der Waals surface area contributed by atoms with Gasteiger partial charge >= 0.3 is 5.97 Å². The Bertz CT molecular complexity index is 1040. The largest absolute Gasteiger partial charge is 0.481 e. The molecule has 0 radical (unpaired) electrons. The third kappa shape index (κ3) is 4.72. The van der Waals surface area contributed by atoms with Gasteiger partial charge in [0.15, 0.2) is 0 Å². The highest BCUT2D eigenvalue weighted by Gasteiger charge is 2.32. The fraction of sp³-hybridized carbons (Fsp3) is 0.211. The minimum atomic E-state index is -0.921. The van der Waals surface area contributed by atoms with Crippen molar-refractivity contribution in [2.75, 3.05) is 6.54 Å². The molecule has 29 heavy (non-hydrogen) atoms. The van der Waals surface area contributed by atoms with E-state index in [-0.39, 0.29) is 24.6 Å². The lowest BCUT2D eigenvalue weighted by Crippen LogP contribution is -2.29. The highest BCUT2D eigenvalue weighted by atomic mass is 32.2. The zero-order valence-corrected chi connectivity index (χ0v) is 16.9. The number of carbonyl (C=O) groups excluding carboxylic acids is 1. The van der Waals surface area contributed by atoms with E-state index >= 15 is 0 Å². The minimum Gasteiger partial charge on any atom is -0.481 e. The minimum absolute atomic E-state index is 0.00426. The van der Waals surface area contributed by atoms with Crippen LogP contribution in [0.15, 0.2) is 39.7 Å². The number of aliphatic carboxylic acids is 1. The van der Waals surface area contributed by atoms with Gasteiger partial charge in [-0.3, -0.25) is 24.6 Å². The van der Waals surface area contributed by atoms with Crippen molar-refractivity contribution in [3.63, 3.8) is 0 Å². The Kier molecular flexibility index (Phi) is 6.14. The van der Waals surface area contributed by atoms with Gasteiger partial charge in [0.2, 0.25) is 0 Å². The Morgan fingerprint density at radius 2 is 2.14 bits per heavy atom. The molecule has 1 N–H and O–H groups in total. The van der Waals surface area contributed by atoms with E-state index in [1.165, 1.54) is 17.0 Å². The second-order valence-corrected chi connectivity index (χ2v) is 7.96. The summed E-state index contributed by atoms with van der Waals surface area (Å²) in [4.78, 5) is 35.4. The van der Waals surface area contributed by atoms with E-state index in [4.69, 9.17) is 21.7 Å². The summed E-state index contributed by atoms with van der Waals surface area (Å²) in [6.07, 6.45) is 1.87. The summed E-state index contributed by atoms with van der Waals surface area (Å²) >= 11 is 6.35. The van der Waals surface area contributed by atoms with Crippen LogP contribution in [-0.2, 0) is 9.59 Å². The molecule has 0 spiro atoms. The van der Waals surface area contributed by atoms with Crippen molar-refractivity contribution in [1.82, 2.24) is 4.90 Å². The van der Waals surface area contributed by atoms with Crippen molar-refractivity contribution in [1.29, 1.82) is 0 Å². The Hall–Kier alpha value is -2.98. The van der Waals surface area contributed by atoms with E-state index in [2.05, 4.69) is 0 Å². The Labute approximate surface area is 175 Å². The van der Waals surface area contributed by atoms with Crippen molar-refractivity contribution in [3.05, 3.63) is 56.7 Å². The molecule has 1 aliphatic heterocycles. The molecule has 0 atom stereocenters. The number of furan rings is 1. The second-order valence-electron chi connectivity index (χ2n) is 6.29. The number of rotatable bonds is 7. The first-order chi connectivity index (χ1) is 13.8. The van der Waals surface area contributed by atoms with Crippen molar-refractivity contribution in [3.8, 4) is 11.3 Å². The summed E-state index contributed by atoms with van der Waals surface area (Å²) in [5, 5.41) is 19.6. The number of nitrogens with zero attached hydrogens (tertiary/aromatic N) is 2. The number of thiocarbonyl (C=S) groups is 1. The summed E-state index contributed by atoms with van der Waals surface area (Å²) in [7, 11) is 0. The molecule has 8 nitrogen and oxygen atoms in total. The number of thioether (sulfide) groups is 1. The molecule has 0 aliphatic carbocycles. The molecule has 1 saturated heterocycles. The van der Waals surface area contributed by atoms with Gasteiger partial charge in [-0.2, -0.15) is 0 Å². The molecule has 1 aromatic heterocycles. The van der Waals surface area contributed by atoms with Crippen LogP contribution in [0.25, 0.3) is 17.4 Å². The number of amides is 1. The first kappa shape index (κ1) is 20.7. The van der Waals surface area contributed by atoms with Crippen LogP contribution < -0.4 is 0 Å². The van der Waals surface area contributed by atoms with Crippen LogP contribution in [0.4, 0.5) is 5.69 Å². The fourth-order valence-corrected chi connectivity index (χ4v) is 4.11. The maximum atomic E-state index is 12.5. The van der Waals surface area contributed by atoms with Crippen LogP contribution in [0.2, 0.25) is 0 Å². The number of carboxylic acid groups (broad SMARTS) is 1. The first-order valence-corrected chi connectivity index (χ1v) is 9.81. The Morgan fingerprint density at radius 3 is 2.79 bits per heavy atom. The maximum Gasteiger partial charge on any atom is 0.303 e. The number of aryl methyl sites for hydroxylation is 1. The number of nitro benzene ring substituents is 1. The van der Waals surface area contributed by atoms with Gasteiger partial charge in [0, 0.05) is 36.7 Å². The molecule has 2 heterocycles. The quantitative estimate of drug-likeness (QED) is 0.299. The fourth-order valence-electron chi connectivity index (χ4n) is 2.82. The number of hydrogen-bond acceptors (Lipinski definition) is 7. The predicted octanol–water partition coefficient (Wildman–Crippen LogP) is 4.23. The third-order valence-electron chi connectivity index (χ3n) is 4.23. The molecule has 10 heteroatoms. The van der Waals surface area contributed by atoms with Gasteiger partial charge in [0.25, 0.3) is 11.6 Å². The van der Waals surface area contributed by atoms with E-state index in [0.717, 1.165) is 17.3 Å². The lowest BCUT2D eigenvalue weighted by molar-refractivity contribution is -0.384. The van der Waals surface area contributed by atoms with E-state index < -0.39 is 10.9 Å². The van der Waals surface area contributed by atoms with Gasteiger partial charge in [0.1, 0.15) is 15.8 Å². The SMILES string of the molecule is Cc1cc([N+](=O)[O-])ccc1-c1ccc(C=C2SC(=S)N(CCCC(=O)O)C2=O)o1.